The van der Waals surface area contributed by atoms with Crippen molar-refractivity contribution in [2.75, 3.05) is 39.2 Å². The molecule has 1 aromatic heterocycles. The number of carbonyl (C=O) groups is 1. The van der Waals surface area contributed by atoms with Gasteiger partial charge in [-0.1, -0.05) is 6.07 Å². The SMILES string of the molecule is CS(=O)(=O)N1C[C@@H]2COC[C@]2(COCc2cccnc2)C1.O=C(O)C(F)(F)F. The summed E-state index contributed by atoms with van der Waals surface area (Å²) < 4.78 is 68.2. The van der Waals surface area contributed by atoms with Crippen molar-refractivity contribution in [2.24, 2.45) is 11.3 Å². The average Bonchev–Trinajstić information content (AvgIpc) is 3.12. The fourth-order valence-electron chi connectivity index (χ4n) is 3.10. The first-order valence-electron chi connectivity index (χ1n) is 8.24. The zero-order valence-electron chi connectivity index (χ0n) is 15.1. The summed E-state index contributed by atoms with van der Waals surface area (Å²) in [7, 11) is -3.15. The smallest absolute Gasteiger partial charge is 0.475 e. The minimum absolute atomic E-state index is 0.203. The first kappa shape index (κ1) is 22.5. The summed E-state index contributed by atoms with van der Waals surface area (Å²) in [4.78, 5) is 12.9. The highest BCUT2D eigenvalue weighted by Gasteiger charge is 2.52. The minimum Gasteiger partial charge on any atom is -0.475 e. The molecule has 0 amide bonds. The van der Waals surface area contributed by atoms with Gasteiger partial charge in [-0.3, -0.25) is 4.98 Å². The number of hydrogen-bond acceptors (Lipinski definition) is 6. The van der Waals surface area contributed by atoms with Crippen LogP contribution in [0.5, 0.6) is 0 Å². The number of aliphatic carboxylic acids is 1. The Kier molecular flexibility index (Phi) is 7.02. The Balaban J connectivity index is 0.000000345. The summed E-state index contributed by atoms with van der Waals surface area (Å²) in [5.74, 6) is -2.53. The zero-order chi connectivity index (χ0) is 21.0. The van der Waals surface area contributed by atoms with E-state index in [0.29, 0.717) is 39.5 Å². The van der Waals surface area contributed by atoms with Crippen molar-refractivity contribution in [3.63, 3.8) is 0 Å². The fourth-order valence-corrected chi connectivity index (χ4v) is 4.04. The van der Waals surface area contributed by atoms with E-state index in [0.717, 1.165) is 5.56 Å². The first-order valence-corrected chi connectivity index (χ1v) is 10.1. The van der Waals surface area contributed by atoms with Crippen LogP contribution < -0.4 is 0 Å². The molecule has 2 aliphatic heterocycles. The molecule has 0 radical (unpaired) electrons. The van der Waals surface area contributed by atoms with Gasteiger partial charge in [0.2, 0.25) is 10.0 Å². The van der Waals surface area contributed by atoms with Crippen molar-refractivity contribution in [3.05, 3.63) is 30.1 Å². The van der Waals surface area contributed by atoms with Crippen LogP contribution in [0.4, 0.5) is 13.2 Å². The number of alkyl halides is 3. The molecule has 28 heavy (non-hydrogen) atoms. The Hall–Kier alpha value is -1.76. The molecular weight excluding hydrogens is 405 g/mol. The van der Waals surface area contributed by atoms with Crippen molar-refractivity contribution in [3.8, 4) is 0 Å². The number of pyridine rings is 1. The Morgan fingerprint density at radius 2 is 2.18 bits per heavy atom. The number of aromatic nitrogens is 1. The van der Waals surface area contributed by atoms with Gasteiger partial charge in [0.05, 0.1) is 32.7 Å². The van der Waals surface area contributed by atoms with Crippen LogP contribution in [0.2, 0.25) is 0 Å². The molecule has 0 aromatic carbocycles. The molecule has 3 rings (SSSR count). The van der Waals surface area contributed by atoms with Crippen molar-refractivity contribution in [1.82, 2.24) is 9.29 Å². The summed E-state index contributed by atoms with van der Waals surface area (Å²) in [6, 6.07) is 3.84. The van der Waals surface area contributed by atoms with Gasteiger partial charge in [0.25, 0.3) is 0 Å². The standard InChI is InChI=1S/C14H20N2O4S.C2HF3O2/c1-21(17,18)16-6-13-8-20-11-14(13,9-16)10-19-7-12-3-2-4-15-5-12;3-2(4,5)1(6)7/h2-5,13H,6-11H2,1H3;(H,6,7)/t13-,14-;/m1./s1. The number of fused-ring (bicyclic) bond motifs is 1. The second kappa shape index (κ2) is 8.72. The maximum absolute atomic E-state index is 11.7. The van der Waals surface area contributed by atoms with E-state index in [1.165, 1.54) is 6.26 Å². The van der Waals surface area contributed by atoms with E-state index in [4.69, 9.17) is 19.4 Å². The molecule has 0 spiro atoms. The third-order valence-electron chi connectivity index (χ3n) is 4.58. The third kappa shape index (κ3) is 5.87. The number of halogens is 3. The van der Waals surface area contributed by atoms with Gasteiger partial charge < -0.3 is 14.6 Å². The molecule has 0 bridgehead atoms. The second-order valence-electron chi connectivity index (χ2n) is 6.79. The topological polar surface area (TPSA) is 106 Å². The summed E-state index contributed by atoms with van der Waals surface area (Å²) in [5.41, 5.74) is 0.813. The van der Waals surface area contributed by atoms with Gasteiger partial charge in [0.1, 0.15) is 0 Å². The van der Waals surface area contributed by atoms with Crippen molar-refractivity contribution >= 4 is 16.0 Å². The second-order valence-corrected chi connectivity index (χ2v) is 8.77. The predicted octanol–water partition coefficient (Wildman–Crippen LogP) is 1.14. The number of rotatable bonds is 5. The molecule has 0 aliphatic carbocycles. The van der Waals surface area contributed by atoms with Crippen LogP contribution in [0.1, 0.15) is 5.56 Å². The van der Waals surface area contributed by atoms with Gasteiger partial charge in [0, 0.05) is 36.8 Å². The van der Waals surface area contributed by atoms with Gasteiger partial charge in [-0.25, -0.2) is 17.5 Å². The van der Waals surface area contributed by atoms with Gasteiger partial charge in [-0.2, -0.15) is 13.2 Å². The number of sulfonamides is 1. The number of carboxylic acid groups (broad SMARTS) is 1. The maximum atomic E-state index is 11.7. The Bertz CT molecular complexity index is 774. The lowest BCUT2D eigenvalue weighted by atomic mass is 9.82. The van der Waals surface area contributed by atoms with Crippen molar-refractivity contribution in [1.29, 1.82) is 0 Å². The highest BCUT2D eigenvalue weighted by Crippen LogP contribution is 2.42. The molecule has 2 atom stereocenters. The molecule has 1 aromatic rings. The molecular formula is C16H21F3N2O6S. The highest BCUT2D eigenvalue weighted by atomic mass is 32.2. The van der Waals surface area contributed by atoms with Gasteiger partial charge >= 0.3 is 12.1 Å². The Morgan fingerprint density at radius 1 is 1.50 bits per heavy atom. The van der Waals surface area contributed by atoms with E-state index in [9.17, 15) is 21.6 Å². The van der Waals surface area contributed by atoms with E-state index >= 15 is 0 Å². The quantitative estimate of drug-likeness (QED) is 0.753. The van der Waals surface area contributed by atoms with E-state index in [2.05, 4.69) is 4.98 Å². The fraction of sp³-hybridized carbons (Fsp3) is 0.625. The van der Waals surface area contributed by atoms with Crippen LogP contribution in [0.25, 0.3) is 0 Å². The normalized spacial score (nSPS) is 25.1. The van der Waals surface area contributed by atoms with E-state index in [-0.39, 0.29) is 11.3 Å². The lowest BCUT2D eigenvalue weighted by molar-refractivity contribution is -0.192. The number of ether oxygens (including phenoxy) is 2. The molecule has 1 N–H and O–H groups in total. The lowest BCUT2D eigenvalue weighted by Gasteiger charge is -2.26. The monoisotopic (exact) mass is 426 g/mol. The van der Waals surface area contributed by atoms with Gasteiger partial charge in [0.15, 0.2) is 0 Å². The van der Waals surface area contributed by atoms with Crippen molar-refractivity contribution < 1.29 is 41.0 Å². The number of carboxylic acids is 1. The molecule has 158 valence electrons. The number of hydrogen-bond donors (Lipinski definition) is 1. The summed E-state index contributed by atoms with van der Waals surface area (Å²) >= 11 is 0. The summed E-state index contributed by atoms with van der Waals surface area (Å²) in [6.07, 6.45) is -0.319. The molecule has 12 heteroatoms. The molecule has 2 saturated heterocycles. The largest absolute Gasteiger partial charge is 0.490 e. The van der Waals surface area contributed by atoms with E-state index in [1.54, 1.807) is 16.7 Å². The number of nitrogens with zero attached hydrogens (tertiary/aromatic N) is 2. The van der Waals surface area contributed by atoms with Crippen molar-refractivity contribution in [2.45, 2.75) is 12.8 Å². The molecule has 0 saturated carbocycles. The van der Waals surface area contributed by atoms with E-state index < -0.39 is 22.2 Å². The third-order valence-corrected chi connectivity index (χ3v) is 5.80. The first-order chi connectivity index (χ1) is 12.9. The van der Waals surface area contributed by atoms with Crippen LogP contribution in [-0.4, -0.2) is 74.1 Å². The summed E-state index contributed by atoms with van der Waals surface area (Å²) in [5, 5.41) is 7.12. The summed E-state index contributed by atoms with van der Waals surface area (Å²) in [6.45, 7) is 3.21. The molecule has 2 fully saturated rings. The lowest BCUT2D eigenvalue weighted by Crippen LogP contribution is -2.37. The maximum Gasteiger partial charge on any atom is 0.490 e. The predicted molar refractivity (Wildman–Crippen MR) is 90.7 cm³/mol. The highest BCUT2D eigenvalue weighted by molar-refractivity contribution is 7.88. The molecule has 3 heterocycles. The zero-order valence-corrected chi connectivity index (χ0v) is 15.9. The van der Waals surface area contributed by atoms with Gasteiger partial charge in [-0.15, -0.1) is 0 Å². The Labute approximate surface area is 160 Å². The van der Waals surface area contributed by atoms with Gasteiger partial charge in [-0.05, 0) is 11.6 Å². The minimum atomic E-state index is -5.08. The van der Waals surface area contributed by atoms with Crippen LogP contribution >= 0.6 is 0 Å². The van der Waals surface area contributed by atoms with Crippen LogP contribution in [0, 0.1) is 11.3 Å². The molecule has 0 unspecified atom stereocenters. The molecule has 2 aliphatic rings. The average molecular weight is 426 g/mol. The van der Waals surface area contributed by atoms with Crippen LogP contribution in [0.15, 0.2) is 24.5 Å². The van der Waals surface area contributed by atoms with Crippen LogP contribution in [0.3, 0.4) is 0 Å². The molecule has 8 nitrogen and oxygen atoms in total. The van der Waals surface area contributed by atoms with Crippen LogP contribution in [-0.2, 0) is 30.9 Å². The van der Waals surface area contributed by atoms with E-state index in [1.807, 2.05) is 12.1 Å². The Morgan fingerprint density at radius 3 is 2.71 bits per heavy atom.